The minimum absolute atomic E-state index is 0.467. The number of aromatic nitrogens is 1. The molecule has 4 heteroatoms. The van der Waals surface area contributed by atoms with E-state index in [4.69, 9.17) is 9.72 Å². The average Bonchev–Trinajstić information content (AvgIpc) is 2.49. The zero-order valence-electron chi connectivity index (χ0n) is 12.7. The Kier molecular flexibility index (Phi) is 4.36. The largest absolute Gasteiger partial charge is 0.494 e. The Morgan fingerprint density at radius 3 is 2.81 bits per heavy atom. The molecule has 2 aromatic rings. The first-order valence-corrected chi connectivity index (χ1v) is 8.67. The van der Waals surface area contributed by atoms with E-state index in [1.807, 2.05) is 23.9 Å². The van der Waals surface area contributed by atoms with Crippen molar-refractivity contribution < 1.29 is 4.74 Å². The monoisotopic (exact) mass is 302 g/mol. The molecule has 0 unspecified atom stereocenters. The quantitative estimate of drug-likeness (QED) is 0.884. The maximum absolute atomic E-state index is 5.40. The SMILES string of the molecule is COc1cccc2ccc(CNCC3(SC)CCC3)nc12. The smallest absolute Gasteiger partial charge is 0.145 e. The van der Waals surface area contributed by atoms with Gasteiger partial charge in [0.1, 0.15) is 11.3 Å². The fourth-order valence-electron chi connectivity index (χ4n) is 2.87. The second-order valence-electron chi connectivity index (χ2n) is 5.68. The van der Waals surface area contributed by atoms with Crippen LogP contribution in [0.3, 0.4) is 0 Å². The summed E-state index contributed by atoms with van der Waals surface area (Å²) in [6.07, 6.45) is 6.26. The summed E-state index contributed by atoms with van der Waals surface area (Å²) in [7, 11) is 1.69. The average molecular weight is 302 g/mol. The summed E-state index contributed by atoms with van der Waals surface area (Å²) in [4.78, 5) is 4.74. The van der Waals surface area contributed by atoms with Crippen molar-refractivity contribution in [3.8, 4) is 5.75 Å². The molecule has 1 heterocycles. The van der Waals surface area contributed by atoms with Crippen LogP contribution >= 0.6 is 11.8 Å². The lowest BCUT2D eigenvalue weighted by atomic mass is 9.84. The summed E-state index contributed by atoms with van der Waals surface area (Å²) in [6, 6.07) is 10.2. The Hall–Kier alpha value is -1.26. The van der Waals surface area contributed by atoms with E-state index < -0.39 is 0 Å². The Bertz CT molecular complexity index is 620. The van der Waals surface area contributed by atoms with Gasteiger partial charge < -0.3 is 10.1 Å². The molecule has 1 aliphatic rings. The molecule has 1 saturated carbocycles. The van der Waals surface area contributed by atoms with Gasteiger partial charge in [0.15, 0.2) is 0 Å². The number of ether oxygens (including phenoxy) is 1. The Morgan fingerprint density at radius 2 is 2.14 bits per heavy atom. The number of hydrogen-bond acceptors (Lipinski definition) is 4. The van der Waals surface area contributed by atoms with Gasteiger partial charge >= 0.3 is 0 Å². The number of nitrogens with zero attached hydrogens (tertiary/aromatic N) is 1. The van der Waals surface area contributed by atoms with Crippen molar-refractivity contribution in [3.63, 3.8) is 0 Å². The lowest BCUT2D eigenvalue weighted by molar-refractivity contribution is 0.345. The predicted octanol–water partition coefficient (Wildman–Crippen LogP) is 3.62. The van der Waals surface area contributed by atoms with Gasteiger partial charge in [-0.15, -0.1) is 0 Å². The molecule has 1 aliphatic carbocycles. The summed E-state index contributed by atoms with van der Waals surface area (Å²) in [5.74, 6) is 0.842. The summed E-state index contributed by atoms with van der Waals surface area (Å²) in [5.41, 5.74) is 2.02. The summed E-state index contributed by atoms with van der Waals surface area (Å²) in [6.45, 7) is 1.89. The first kappa shape index (κ1) is 14.7. The third-order valence-electron chi connectivity index (χ3n) is 4.41. The van der Waals surface area contributed by atoms with Crippen LogP contribution in [-0.2, 0) is 6.54 Å². The zero-order chi connectivity index (χ0) is 14.7. The third-order valence-corrected chi connectivity index (χ3v) is 5.83. The molecular formula is C17H22N2OS. The van der Waals surface area contributed by atoms with Crippen LogP contribution < -0.4 is 10.1 Å². The summed E-state index contributed by atoms with van der Waals surface area (Å²) >= 11 is 2.00. The van der Waals surface area contributed by atoms with Gasteiger partial charge in [0.05, 0.1) is 12.8 Å². The van der Waals surface area contributed by atoms with E-state index in [1.54, 1.807) is 7.11 Å². The molecule has 3 nitrogen and oxygen atoms in total. The molecule has 3 rings (SSSR count). The number of thioether (sulfide) groups is 1. The van der Waals surface area contributed by atoms with E-state index in [0.717, 1.165) is 35.4 Å². The highest BCUT2D eigenvalue weighted by Crippen LogP contribution is 2.42. The van der Waals surface area contributed by atoms with Gasteiger partial charge in [0.2, 0.25) is 0 Å². The van der Waals surface area contributed by atoms with Crippen molar-refractivity contribution in [2.75, 3.05) is 19.9 Å². The van der Waals surface area contributed by atoms with Gasteiger partial charge in [-0.2, -0.15) is 11.8 Å². The minimum Gasteiger partial charge on any atom is -0.494 e. The minimum atomic E-state index is 0.467. The van der Waals surface area contributed by atoms with Crippen molar-refractivity contribution in [2.45, 2.75) is 30.6 Å². The van der Waals surface area contributed by atoms with Crippen LogP contribution in [0.5, 0.6) is 5.75 Å². The van der Waals surface area contributed by atoms with Crippen molar-refractivity contribution in [2.24, 2.45) is 0 Å². The second-order valence-corrected chi connectivity index (χ2v) is 6.95. The van der Waals surface area contributed by atoms with E-state index in [1.165, 1.54) is 19.3 Å². The van der Waals surface area contributed by atoms with Crippen LogP contribution in [0.1, 0.15) is 25.0 Å². The molecule has 0 atom stereocenters. The molecular weight excluding hydrogens is 280 g/mol. The fourth-order valence-corrected chi connectivity index (χ4v) is 3.81. The molecule has 1 fully saturated rings. The van der Waals surface area contributed by atoms with Gasteiger partial charge in [-0.1, -0.05) is 24.6 Å². The van der Waals surface area contributed by atoms with Gasteiger partial charge in [0, 0.05) is 23.2 Å². The molecule has 0 radical (unpaired) electrons. The molecule has 1 N–H and O–H groups in total. The number of rotatable bonds is 6. The molecule has 0 aliphatic heterocycles. The van der Waals surface area contributed by atoms with E-state index in [0.29, 0.717) is 4.75 Å². The number of methoxy groups -OCH3 is 1. The van der Waals surface area contributed by atoms with E-state index in [-0.39, 0.29) is 0 Å². The van der Waals surface area contributed by atoms with E-state index in [9.17, 15) is 0 Å². The van der Waals surface area contributed by atoms with Crippen LogP contribution in [-0.4, -0.2) is 29.6 Å². The highest BCUT2D eigenvalue weighted by molar-refractivity contribution is 8.00. The molecule has 112 valence electrons. The topological polar surface area (TPSA) is 34.1 Å². The van der Waals surface area contributed by atoms with Gasteiger partial charge in [-0.3, -0.25) is 0 Å². The van der Waals surface area contributed by atoms with Crippen molar-refractivity contribution >= 4 is 22.7 Å². The molecule has 0 saturated heterocycles. The van der Waals surface area contributed by atoms with Crippen LogP contribution in [0, 0.1) is 0 Å². The first-order valence-electron chi connectivity index (χ1n) is 7.45. The molecule has 1 aromatic heterocycles. The first-order chi connectivity index (χ1) is 10.3. The molecule has 1 aromatic carbocycles. The van der Waals surface area contributed by atoms with Crippen molar-refractivity contribution in [1.29, 1.82) is 0 Å². The van der Waals surface area contributed by atoms with Gasteiger partial charge in [-0.05, 0) is 31.2 Å². The Labute approximate surface area is 130 Å². The third kappa shape index (κ3) is 3.01. The van der Waals surface area contributed by atoms with Crippen molar-refractivity contribution in [1.82, 2.24) is 10.3 Å². The van der Waals surface area contributed by atoms with Crippen LogP contribution in [0.4, 0.5) is 0 Å². The van der Waals surface area contributed by atoms with Crippen LogP contribution in [0.15, 0.2) is 30.3 Å². The summed E-state index contributed by atoms with van der Waals surface area (Å²) < 4.78 is 5.87. The second kappa shape index (κ2) is 6.24. The number of para-hydroxylation sites is 1. The van der Waals surface area contributed by atoms with Gasteiger partial charge in [0.25, 0.3) is 0 Å². The number of pyridine rings is 1. The lowest BCUT2D eigenvalue weighted by Gasteiger charge is -2.40. The molecule has 0 amide bonds. The Balaban J connectivity index is 1.69. The maximum atomic E-state index is 5.40. The standard InChI is InChI=1S/C17H22N2OS/c1-20-15-6-3-5-13-7-8-14(19-16(13)15)11-18-12-17(21-2)9-4-10-17/h3,5-8,18H,4,9-12H2,1-2H3. The highest BCUT2D eigenvalue weighted by Gasteiger charge is 2.35. The zero-order valence-corrected chi connectivity index (χ0v) is 13.5. The maximum Gasteiger partial charge on any atom is 0.145 e. The highest BCUT2D eigenvalue weighted by atomic mass is 32.2. The number of nitrogens with one attached hydrogen (secondary N) is 1. The lowest BCUT2D eigenvalue weighted by Crippen LogP contribution is -2.43. The van der Waals surface area contributed by atoms with Crippen LogP contribution in [0.25, 0.3) is 10.9 Å². The van der Waals surface area contributed by atoms with E-state index in [2.05, 4.69) is 29.8 Å². The normalized spacial score (nSPS) is 16.7. The summed E-state index contributed by atoms with van der Waals surface area (Å²) in [5, 5.41) is 4.70. The number of hydrogen-bond donors (Lipinski definition) is 1. The molecule has 21 heavy (non-hydrogen) atoms. The fraction of sp³-hybridized carbons (Fsp3) is 0.471. The number of fused-ring (bicyclic) bond motifs is 1. The van der Waals surface area contributed by atoms with Crippen LogP contribution in [0.2, 0.25) is 0 Å². The van der Waals surface area contributed by atoms with Gasteiger partial charge in [-0.25, -0.2) is 4.98 Å². The number of benzene rings is 1. The van der Waals surface area contributed by atoms with E-state index >= 15 is 0 Å². The molecule has 0 spiro atoms. The van der Waals surface area contributed by atoms with Crippen molar-refractivity contribution in [3.05, 3.63) is 36.0 Å². The Morgan fingerprint density at radius 1 is 1.29 bits per heavy atom. The predicted molar refractivity (Wildman–Crippen MR) is 90.1 cm³/mol. The molecule has 0 bridgehead atoms.